The van der Waals surface area contributed by atoms with E-state index in [-0.39, 0.29) is 16.6 Å². The van der Waals surface area contributed by atoms with Crippen molar-refractivity contribution in [1.29, 1.82) is 0 Å². The van der Waals surface area contributed by atoms with Crippen molar-refractivity contribution in [1.82, 2.24) is 14.5 Å². The Morgan fingerprint density at radius 2 is 1.90 bits per heavy atom. The number of rotatable bonds is 1. The molecule has 1 aromatic carbocycles. The molecule has 2 aromatic heterocycles. The monoisotopic (exact) mass is 359 g/mol. The minimum atomic E-state index is -4.66. The molecule has 0 radical (unpaired) electrons. The van der Waals surface area contributed by atoms with Crippen LogP contribution in [0.25, 0.3) is 16.6 Å². The minimum Gasteiger partial charge on any atom is -0.306 e. The van der Waals surface area contributed by atoms with Crippen LogP contribution in [-0.4, -0.2) is 14.5 Å². The van der Waals surface area contributed by atoms with Gasteiger partial charge in [0.05, 0.1) is 12.0 Å². The minimum absolute atomic E-state index is 0.157. The number of nitrogens with zero attached hydrogens (tertiary/aromatic N) is 3. The number of alkyl halides is 3. The molecule has 0 bridgehead atoms. The third-order valence-corrected chi connectivity index (χ3v) is 3.34. The van der Waals surface area contributed by atoms with E-state index in [4.69, 9.17) is 0 Å². The van der Waals surface area contributed by atoms with Crippen molar-refractivity contribution in [2.75, 3.05) is 0 Å². The van der Waals surface area contributed by atoms with Gasteiger partial charge in [-0.3, -0.25) is 0 Å². The second-order valence-electron chi connectivity index (χ2n) is 4.28. The van der Waals surface area contributed by atoms with Gasteiger partial charge in [0.2, 0.25) is 0 Å². The highest BCUT2D eigenvalue weighted by Crippen LogP contribution is 2.34. The molecule has 0 aliphatic heterocycles. The maximum Gasteiger partial charge on any atom is 0.433 e. The van der Waals surface area contributed by atoms with Crippen molar-refractivity contribution in [3.8, 4) is 5.69 Å². The van der Waals surface area contributed by atoms with Gasteiger partial charge in [0, 0.05) is 22.3 Å². The summed E-state index contributed by atoms with van der Waals surface area (Å²) in [5.74, 6) is -0.827. The van der Waals surface area contributed by atoms with Gasteiger partial charge >= 0.3 is 6.18 Å². The van der Waals surface area contributed by atoms with Gasteiger partial charge in [-0.05, 0) is 18.2 Å². The van der Waals surface area contributed by atoms with Gasteiger partial charge in [-0.25, -0.2) is 14.4 Å². The first kappa shape index (κ1) is 14.0. The Hall–Kier alpha value is -1.96. The van der Waals surface area contributed by atoms with Crippen molar-refractivity contribution in [3.05, 3.63) is 52.9 Å². The molecule has 0 aliphatic carbocycles. The molecule has 0 spiro atoms. The van der Waals surface area contributed by atoms with Crippen molar-refractivity contribution < 1.29 is 17.6 Å². The molecule has 0 atom stereocenters. The van der Waals surface area contributed by atoms with Gasteiger partial charge in [0.25, 0.3) is 0 Å². The molecule has 3 rings (SSSR count). The Kier molecular flexibility index (Phi) is 3.20. The summed E-state index contributed by atoms with van der Waals surface area (Å²) in [6, 6.07) is 3.46. The van der Waals surface area contributed by atoms with Gasteiger partial charge in [-0.15, -0.1) is 0 Å². The first-order chi connectivity index (χ1) is 9.86. The van der Waals surface area contributed by atoms with E-state index in [1.807, 2.05) is 0 Å². The lowest BCUT2D eigenvalue weighted by atomic mass is 10.1. The van der Waals surface area contributed by atoms with Crippen molar-refractivity contribution in [2.45, 2.75) is 6.18 Å². The maximum atomic E-state index is 14.0. The van der Waals surface area contributed by atoms with Gasteiger partial charge in [0.15, 0.2) is 5.82 Å². The van der Waals surface area contributed by atoms with E-state index in [1.54, 1.807) is 0 Å². The van der Waals surface area contributed by atoms with Crippen LogP contribution < -0.4 is 0 Å². The molecule has 2 heterocycles. The molecule has 0 N–H and O–H groups in total. The van der Waals surface area contributed by atoms with Crippen molar-refractivity contribution in [2.24, 2.45) is 0 Å². The number of aromatic nitrogens is 3. The molecule has 108 valence electrons. The smallest absolute Gasteiger partial charge is 0.306 e. The standard InChI is InChI=1S/C13H6BrF4N3/c14-7-3-8-10(21-2-1-19-6-21)5-11(13(16,17)18)20-12(8)9(15)4-7/h1-6H. The van der Waals surface area contributed by atoms with Crippen molar-refractivity contribution in [3.63, 3.8) is 0 Å². The third kappa shape index (κ3) is 2.51. The molecule has 3 aromatic rings. The fraction of sp³-hybridized carbons (Fsp3) is 0.0769. The Balaban J connectivity index is 2.43. The largest absolute Gasteiger partial charge is 0.433 e. The van der Waals surface area contributed by atoms with E-state index in [1.165, 1.54) is 29.4 Å². The first-order valence-corrected chi connectivity index (χ1v) is 6.51. The summed E-state index contributed by atoms with van der Waals surface area (Å²) >= 11 is 3.12. The molecule has 21 heavy (non-hydrogen) atoms. The van der Waals surface area contributed by atoms with Crippen LogP contribution in [-0.2, 0) is 6.18 Å². The average Bonchev–Trinajstić information content (AvgIpc) is 2.90. The Morgan fingerprint density at radius 1 is 1.14 bits per heavy atom. The zero-order valence-electron chi connectivity index (χ0n) is 10.2. The van der Waals surface area contributed by atoms with E-state index < -0.39 is 17.7 Å². The SMILES string of the molecule is Fc1cc(Br)cc2c(-n3ccnc3)cc(C(F)(F)F)nc12. The molecule has 0 saturated heterocycles. The summed E-state index contributed by atoms with van der Waals surface area (Å²) in [5.41, 5.74) is -1.33. The molecule has 0 fully saturated rings. The molecule has 3 nitrogen and oxygen atoms in total. The van der Waals surface area contributed by atoms with Crippen LogP contribution in [0.2, 0.25) is 0 Å². The van der Waals surface area contributed by atoms with E-state index >= 15 is 0 Å². The average molecular weight is 360 g/mol. The van der Waals surface area contributed by atoms with Gasteiger partial charge < -0.3 is 4.57 Å². The summed E-state index contributed by atoms with van der Waals surface area (Å²) in [7, 11) is 0. The zero-order chi connectivity index (χ0) is 15.2. The maximum absolute atomic E-state index is 14.0. The predicted octanol–water partition coefficient (Wildman–Crippen LogP) is 4.34. The number of fused-ring (bicyclic) bond motifs is 1. The summed E-state index contributed by atoms with van der Waals surface area (Å²) in [5, 5.41) is 0.257. The molecule has 0 aliphatic rings. The van der Waals surface area contributed by atoms with E-state index in [0.717, 1.165) is 12.1 Å². The van der Waals surface area contributed by atoms with Crippen LogP contribution >= 0.6 is 15.9 Å². The van der Waals surface area contributed by atoms with Crippen LogP contribution in [0, 0.1) is 5.82 Å². The van der Waals surface area contributed by atoms with Crippen LogP contribution in [0.15, 0.2) is 41.4 Å². The lowest BCUT2D eigenvalue weighted by Crippen LogP contribution is -2.10. The molecular formula is C13H6BrF4N3. The summed E-state index contributed by atoms with van der Waals surface area (Å²) < 4.78 is 54.5. The van der Waals surface area contributed by atoms with E-state index in [2.05, 4.69) is 25.9 Å². The summed E-state index contributed by atoms with van der Waals surface area (Å²) in [6.07, 6.45) is -0.418. The van der Waals surface area contributed by atoms with Gasteiger partial charge in [-0.2, -0.15) is 13.2 Å². The number of hydrogen-bond donors (Lipinski definition) is 0. The fourth-order valence-electron chi connectivity index (χ4n) is 2.00. The predicted molar refractivity (Wildman–Crippen MR) is 71.5 cm³/mol. The molecule has 0 saturated carbocycles. The normalized spacial score (nSPS) is 12.0. The van der Waals surface area contributed by atoms with Gasteiger partial charge in [0.1, 0.15) is 11.2 Å². The fourth-order valence-corrected chi connectivity index (χ4v) is 2.43. The second-order valence-corrected chi connectivity index (χ2v) is 5.19. The number of pyridine rings is 1. The highest BCUT2D eigenvalue weighted by atomic mass is 79.9. The Labute approximate surface area is 124 Å². The Bertz CT molecular complexity index is 812. The third-order valence-electron chi connectivity index (χ3n) is 2.88. The van der Waals surface area contributed by atoms with E-state index in [0.29, 0.717) is 4.47 Å². The second kappa shape index (κ2) is 4.80. The molecule has 8 heteroatoms. The van der Waals surface area contributed by atoms with E-state index in [9.17, 15) is 17.6 Å². The summed E-state index contributed by atoms with van der Waals surface area (Å²) in [4.78, 5) is 7.20. The van der Waals surface area contributed by atoms with Crippen LogP contribution in [0.1, 0.15) is 5.69 Å². The van der Waals surface area contributed by atoms with Crippen LogP contribution in [0.3, 0.4) is 0 Å². The number of halogens is 5. The quantitative estimate of drug-likeness (QED) is 0.605. The zero-order valence-corrected chi connectivity index (χ0v) is 11.8. The highest BCUT2D eigenvalue weighted by Gasteiger charge is 2.34. The van der Waals surface area contributed by atoms with Crippen LogP contribution in [0.4, 0.5) is 17.6 Å². The number of hydrogen-bond acceptors (Lipinski definition) is 2. The van der Waals surface area contributed by atoms with Gasteiger partial charge in [-0.1, -0.05) is 15.9 Å². The number of imidazole rings is 1. The first-order valence-electron chi connectivity index (χ1n) is 5.71. The highest BCUT2D eigenvalue weighted by molar-refractivity contribution is 9.10. The molecule has 0 amide bonds. The number of benzene rings is 1. The lowest BCUT2D eigenvalue weighted by Gasteiger charge is -2.13. The van der Waals surface area contributed by atoms with Crippen molar-refractivity contribution >= 4 is 26.8 Å². The summed E-state index contributed by atoms with van der Waals surface area (Å²) in [6.45, 7) is 0. The van der Waals surface area contributed by atoms with Crippen LogP contribution in [0.5, 0.6) is 0 Å². The Morgan fingerprint density at radius 3 is 2.52 bits per heavy atom. The molecule has 0 unspecified atom stereocenters. The topological polar surface area (TPSA) is 30.7 Å². The lowest BCUT2D eigenvalue weighted by molar-refractivity contribution is -0.140. The molecular weight excluding hydrogens is 354 g/mol.